The molecule has 0 atom stereocenters. The number of hydrogen-bond acceptors (Lipinski definition) is 4. The fourth-order valence-electron chi connectivity index (χ4n) is 1.77. The van der Waals surface area contributed by atoms with Gasteiger partial charge in [-0.2, -0.15) is 0 Å². The van der Waals surface area contributed by atoms with Gasteiger partial charge in [0.05, 0.1) is 11.5 Å². The van der Waals surface area contributed by atoms with Crippen LogP contribution in [0.1, 0.15) is 10.4 Å². The number of nitro groups is 1. The lowest BCUT2D eigenvalue weighted by molar-refractivity contribution is -0.384. The summed E-state index contributed by atoms with van der Waals surface area (Å²) in [5, 5.41) is 15.3. The number of carbonyl (C=O) groups is 1. The maximum Gasteiger partial charge on any atom is 0.321 e. The number of benzene rings is 1. The zero-order valence-electron chi connectivity index (χ0n) is 11.7. The van der Waals surface area contributed by atoms with Crippen molar-refractivity contribution >= 4 is 28.7 Å². The predicted octanol–water partition coefficient (Wildman–Crippen LogP) is 3.63. The minimum Gasteiger partial charge on any atom is -0.322 e. The van der Waals surface area contributed by atoms with E-state index in [-0.39, 0.29) is 11.7 Å². The summed E-state index contributed by atoms with van der Waals surface area (Å²) in [4.78, 5) is 25.0. The molecule has 2 aromatic rings. The summed E-state index contributed by atoms with van der Waals surface area (Å²) in [6.07, 6.45) is 0. The Kier molecular flexibility index (Phi) is 4.54. The van der Waals surface area contributed by atoms with Crippen molar-refractivity contribution in [1.29, 1.82) is 0 Å². The van der Waals surface area contributed by atoms with E-state index < -0.39 is 4.92 Å². The second kappa shape index (κ2) is 6.36. The van der Waals surface area contributed by atoms with Crippen LogP contribution >= 0.6 is 11.3 Å². The van der Waals surface area contributed by atoms with Crippen molar-refractivity contribution in [3.05, 3.63) is 56.3 Å². The van der Waals surface area contributed by atoms with E-state index in [1.807, 2.05) is 18.4 Å². The minimum atomic E-state index is -0.492. The highest BCUT2D eigenvalue weighted by atomic mass is 32.1. The number of aryl methyl sites for hydroxylation is 1. The van der Waals surface area contributed by atoms with Gasteiger partial charge in [-0.05, 0) is 30.0 Å². The lowest BCUT2D eigenvalue weighted by Crippen LogP contribution is -2.30. The number of anilines is 1. The molecule has 2 amide bonds. The van der Waals surface area contributed by atoms with Crippen LogP contribution in [0.25, 0.3) is 0 Å². The predicted molar refractivity (Wildman–Crippen MR) is 82.6 cm³/mol. The third kappa shape index (κ3) is 3.79. The zero-order valence-corrected chi connectivity index (χ0v) is 12.5. The van der Waals surface area contributed by atoms with Crippen LogP contribution < -0.4 is 5.32 Å². The van der Waals surface area contributed by atoms with E-state index in [0.717, 1.165) is 10.4 Å². The smallest absolute Gasteiger partial charge is 0.321 e. The molecular weight excluding hydrogens is 290 g/mol. The van der Waals surface area contributed by atoms with Crippen molar-refractivity contribution in [3.63, 3.8) is 0 Å². The first-order chi connectivity index (χ1) is 9.97. The molecule has 1 heterocycles. The summed E-state index contributed by atoms with van der Waals surface area (Å²) in [6.45, 7) is 2.50. The second-order valence-corrected chi connectivity index (χ2v) is 5.62. The number of hydrogen-bond donors (Lipinski definition) is 1. The summed E-state index contributed by atoms with van der Waals surface area (Å²) >= 11 is 1.60. The number of nitrogens with zero attached hydrogens (tertiary/aromatic N) is 2. The monoisotopic (exact) mass is 305 g/mol. The van der Waals surface area contributed by atoms with Crippen LogP contribution in [0.2, 0.25) is 0 Å². The van der Waals surface area contributed by atoms with E-state index in [0.29, 0.717) is 12.2 Å². The standard InChI is InChI=1S/C14H15N3O3S/c1-10-6-7-21-13(10)9-16(2)14(18)15-11-4-3-5-12(8-11)17(19)20/h3-8H,9H2,1-2H3,(H,15,18). The molecule has 0 unspecified atom stereocenters. The molecule has 0 bridgehead atoms. The van der Waals surface area contributed by atoms with Crippen molar-refractivity contribution in [1.82, 2.24) is 4.90 Å². The number of nitrogens with one attached hydrogen (secondary N) is 1. The molecule has 0 radical (unpaired) electrons. The van der Waals surface area contributed by atoms with E-state index in [9.17, 15) is 14.9 Å². The minimum absolute atomic E-state index is 0.0513. The van der Waals surface area contributed by atoms with Gasteiger partial charge in [0.15, 0.2) is 0 Å². The van der Waals surface area contributed by atoms with E-state index in [1.165, 1.54) is 23.1 Å². The first-order valence-electron chi connectivity index (χ1n) is 6.27. The van der Waals surface area contributed by atoms with Crippen LogP contribution in [0, 0.1) is 17.0 Å². The number of non-ortho nitro benzene ring substituents is 1. The van der Waals surface area contributed by atoms with Crippen molar-refractivity contribution < 1.29 is 9.72 Å². The summed E-state index contributed by atoms with van der Waals surface area (Å²) in [5.41, 5.74) is 1.50. The highest BCUT2D eigenvalue weighted by molar-refractivity contribution is 7.10. The van der Waals surface area contributed by atoms with Gasteiger partial charge in [-0.25, -0.2) is 4.79 Å². The SMILES string of the molecule is Cc1ccsc1CN(C)C(=O)Nc1cccc([N+](=O)[O-])c1. The molecule has 110 valence electrons. The van der Waals surface area contributed by atoms with E-state index in [2.05, 4.69) is 5.32 Å². The molecule has 7 heteroatoms. The third-order valence-electron chi connectivity index (χ3n) is 3.00. The Hall–Kier alpha value is -2.41. The van der Waals surface area contributed by atoms with Crippen molar-refractivity contribution in [2.75, 3.05) is 12.4 Å². The van der Waals surface area contributed by atoms with Crippen molar-refractivity contribution in [2.45, 2.75) is 13.5 Å². The third-order valence-corrected chi connectivity index (χ3v) is 4.01. The maximum absolute atomic E-state index is 12.1. The van der Waals surface area contributed by atoms with E-state index in [1.54, 1.807) is 24.5 Å². The molecular formula is C14H15N3O3S. The van der Waals surface area contributed by atoms with Crippen LogP contribution in [0.3, 0.4) is 0 Å². The van der Waals surface area contributed by atoms with Gasteiger partial charge in [-0.1, -0.05) is 6.07 Å². The molecule has 1 aromatic carbocycles. The second-order valence-electron chi connectivity index (χ2n) is 4.62. The fraction of sp³-hybridized carbons (Fsp3) is 0.214. The molecule has 0 aliphatic carbocycles. The van der Waals surface area contributed by atoms with Gasteiger partial charge in [0, 0.05) is 29.7 Å². The van der Waals surface area contributed by atoms with Crippen LogP contribution in [-0.4, -0.2) is 22.9 Å². The fourth-order valence-corrected chi connectivity index (χ4v) is 2.73. The molecule has 1 N–H and O–H groups in total. The maximum atomic E-state index is 12.1. The Balaban J connectivity index is 2.02. The molecule has 0 fully saturated rings. The van der Waals surface area contributed by atoms with Gasteiger partial charge in [0.2, 0.25) is 0 Å². The zero-order chi connectivity index (χ0) is 15.4. The lowest BCUT2D eigenvalue weighted by atomic mass is 10.3. The van der Waals surface area contributed by atoms with E-state index >= 15 is 0 Å². The average Bonchev–Trinajstić information content (AvgIpc) is 2.84. The van der Waals surface area contributed by atoms with Gasteiger partial charge in [0.1, 0.15) is 0 Å². The molecule has 0 aliphatic heterocycles. The van der Waals surface area contributed by atoms with Gasteiger partial charge < -0.3 is 10.2 Å². The number of rotatable bonds is 4. The van der Waals surface area contributed by atoms with Crippen LogP contribution in [0.4, 0.5) is 16.2 Å². The number of amides is 2. The first-order valence-corrected chi connectivity index (χ1v) is 7.15. The topological polar surface area (TPSA) is 75.5 Å². The van der Waals surface area contributed by atoms with E-state index in [4.69, 9.17) is 0 Å². The summed E-state index contributed by atoms with van der Waals surface area (Å²) in [5.74, 6) is 0. The Morgan fingerprint density at radius 1 is 1.43 bits per heavy atom. The molecule has 0 saturated heterocycles. The molecule has 21 heavy (non-hydrogen) atoms. The Morgan fingerprint density at radius 2 is 2.19 bits per heavy atom. The first kappa shape index (κ1) is 15.0. The van der Waals surface area contributed by atoms with Crippen LogP contribution in [-0.2, 0) is 6.54 Å². The van der Waals surface area contributed by atoms with Crippen LogP contribution in [0.15, 0.2) is 35.7 Å². The van der Waals surface area contributed by atoms with Crippen molar-refractivity contribution in [3.8, 4) is 0 Å². The Labute approximate surface area is 126 Å². The summed E-state index contributed by atoms with van der Waals surface area (Å²) in [6, 6.07) is 7.58. The van der Waals surface area contributed by atoms with Gasteiger partial charge in [-0.3, -0.25) is 10.1 Å². The molecule has 0 spiro atoms. The van der Waals surface area contributed by atoms with Gasteiger partial charge in [0.25, 0.3) is 5.69 Å². The highest BCUT2D eigenvalue weighted by Crippen LogP contribution is 2.19. The highest BCUT2D eigenvalue weighted by Gasteiger charge is 2.13. The number of nitro benzene ring substituents is 1. The number of carbonyl (C=O) groups excluding carboxylic acids is 1. The van der Waals surface area contributed by atoms with Gasteiger partial charge >= 0.3 is 6.03 Å². The molecule has 6 nitrogen and oxygen atoms in total. The Bertz CT molecular complexity index is 669. The molecule has 2 rings (SSSR count). The van der Waals surface area contributed by atoms with Crippen LogP contribution in [0.5, 0.6) is 0 Å². The Morgan fingerprint density at radius 3 is 2.81 bits per heavy atom. The lowest BCUT2D eigenvalue weighted by Gasteiger charge is -2.17. The normalized spacial score (nSPS) is 10.2. The summed E-state index contributed by atoms with van der Waals surface area (Å²) < 4.78 is 0. The van der Waals surface area contributed by atoms with Gasteiger partial charge in [-0.15, -0.1) is 11.3 Å². The molecule has 1 aromatic heterocycles. The van der Waals surface area contributed by atoms with Crippen molar-refractivity contribution in [2.24, 2.45) is 0 Å². The quantitative estimate of drug-likeness (QED) is 0.692. The molecule has 0 saturated carbocycles. The number of urea groups is 1. The largest absolute Gasteiger partial charge is 0.322 e. The molecule has 0 aliphatic rings. The summed E-state index contributed by atoms with van der Waals surface area (Å²) in [7, 11) is 1.69. The average molecular weight is 305 g/mol. The number of thiophene rings is 1.